The maximum absolute atomic E-state index is 11.7. The number of hydrogen-bond acceptors (Lipinski definition) is 3. The molecule has 1 rings (SSSR count). The molecule has 0 radical (unpaired) electrons. The van der Waals surface area contributed by atoms with E-state index in [1.807, 2.05) is 6.92 Å². The average Bonchev–Trinajstić information content (AvgIpc) is 3.05. The van der Waals surface area contributed by atoms with Gasteiger partial charge in [-0.2, -0.15) is 0 Å². The van der Waals surface area contributed by atoms with Gasteiger partial charge in [-0.15, -0.1) is 0 Å². The Balaban J connectivity index is 2.51. The highest BCUT2D eigenvalue weighted by atomic mass is 16.5. The molecule has 0 aromatic rings. The lowest BCUT2D eigenvalue weighted by atomic mass is 9.87. The van der Waals surface area contributed by atoms with Crippen molar-refractivity contribution in [2.24, 2.45) is 10.8 Å². The number of allylic oxidation sites excluding steroid dienone is 1. The number of esters is 1. The smallest absolute Gasteiger partial charge is 0.313 e. The minimum Gasteiger partial charge on any atom is -0.469 e. The number of amides is 1. The summed E-state index contributed by atoms with van der Waals surface area (Å²) in [4.78, 5) is 23.2. The molecule has 1 saturated carbocycles. The van der Waals surface area contributed by atoms with E-state index in [-0.39, 0.29) is 17.3 Å². The molecular weight excluding hydrogens is 230 g/mol. The van der Waals surface area contributed by atoms with Gasteiger partial charge in [-0.3, -0.25) is 9.59 Å². The molecule has 0 unspecified atom stereocenters. The first-order valence-corrected chi connectivity index (χ1v) is 6.26. The van der Waals surface area contributed by atoms with E-state index in [0.29, 0.717) is 6.54 Å². The first-order valence-electron chi connectivity index (χ1n) is 6.26. The van der Waals surface area contributed by atoms with Crippen LogP contribution >= 0.6 is 0 Å². The van der Waals surface area contributed by atoms with Gasteiger partial charge in [0.05, 0.1) is 12.5 Å². The van der Waals surface area contributed by atoms with Gasteiger partial charge < -0.3 is 10.1 Å². The van der Waals surface area contributed by atoms with Crippen LogP contribution in [0.3, 0.4) is 0 Å². The zero-order valence-corrected chi connectivity index (χ0v) is 11.9. The van der Waals surface area contributed by atoms with Crippen LogP contribution in [0.15, 0.2) is 11.6 Å². The molecule has 1 aliphatic rings. The van der Waals surface area contributed by atoms with E-state index in [4.69, 9.17) is 4.74 Å². The summed E-state index contributed by atoms with van der Waals surface area (Å²) in [6.07, 6.45) is 3.19. The fraction of sp³-hybridized carbons (Fsp3) is 0.714. The van der Waals surface area contributed by atoms with Crippen molar-refractivity contribution in [3.05, 3.63) is 11.6 Å². The van der Waals surface area contributed by atoms with Gasteiger partial charge in [0.1, 0.15) is 0 Å². The molecule has 0 aromatic carbocycles. The van der Waals surface area contributed by atoms with Crippen LogP contribution in [-0.4, -0.2) is 25.5 Å². The van der Waals surface area contributed by atoms with E-state index in [9.17, 15) is 9.59 Å². The van der Waals surface area contributed by atoms with E-state index in [1.54, 1.807) is 6.08 Å². The Morgan fingerprint density at radius 1 is 1.33 bits per heavy atom. The number of carbonyl (C=O) groups is 2. The number of rotatable bonds is 4. The Bertz CT molecular complexity index is 373. The van der Waals surface area contributed by atoms with Gasteiger partial charge in [0, 0.05) is 12.6 Å². The summed E-state index contributed by atoms with van der Waals surface area (Å²) in [6.45, 7) is 8.48. The third-order valence-corrected chi connectivity index (χ3v) is 3.60. The molecule has 4 nitrogen and oxygen atoms in total. The van der Waals surface area contributed by atoms with Gasteiger partial charge in [-0.1, -0.05) is 26.3 Å². The van der Waals surface area contributed by atoms with Gasteiger partial charge in [0.2, 0.25) is 5.91 Å². The van der Waals surface area contributed by atoms with Crippen molar-refractivity contribution in [1.82, 2.24) is 5.32 Å². The lowest BCUT2D eigenvalue weighted by Crippen LogP contribution is -2.34. The van der Waals surface area contributed by atoms with Crippen molar-refractivity contribution < 1.29 is 14.3 Å². The molecule has 1 N–H and O–H groups in total. The zero-order chi connectivity index (χ0) is 14.0. The summed E-state index contributed by atoms with van der Waals surface area (Å²) in [5.74, 6) is -0.364. The summed E-state index contributed by atoms with van der Waals surface area (Å²) in [7, 11) is 1.38. The molecule has 4 heteroatoms. The van der Waals surface area contributed by atoms with Crippen LogP contribution < -0.4 is 5.32 Å². The fourth-order valence-electron chi connectivity index (χ4n) is 1.54. The number of hydrogen-bond donors (Lipinski definition) is 1. The van der Waals surface area contributed by atoms with Crippen molar-refractivity contribution in [2.45, 2.75) is 40.5 Å². The number of methoxy groups -OCH3 is 1. The Morgan fingerprint density at radius 3 is 2.28 bits per heavy atom. The Hall–Kier alpha value is -1.32. The molecule has 0 atom stereocenters. The second-order valence-corrected chi connectivity index (χ2v) is 6.07. The van der Waals surface area contributed by atoms with Crippen LogP contribution in [0.1, 0.15) is 40.5 Å². The van der Waals surface area contributed by atoms with Crippen LogP contribution in [0.2, 0.25) is 0 Å². The van der Waals surface area contributed by atoms with E-state index in [1.165, 1.54) is 7.11 Å². The van der Waals surface area contributed by atoms with Gasteiger partial charge in [-0.05, 0) is 25.2 Å². The Kier molecular flexibility index (Phi) is 4.20. The van der Waals surface area contributed by atoms with Gasteiger partial charge in [-0.25, -0.2) is 0 Å². The SMILES string of the molecule is COC(=O)C1(CNC(=O)/C=C(\C)C(C)(C)C)CC1. The number of ether oxygens (including phenoxy) is 1. The predicted molar refractivity (Wildman–Crippen MR) is 69.9 cm³/mol. The maximum atomic E-state index is 11.7. The monoisotopic (exact) mass is 253 g/mol. The molecule has 18 heavy (non-hydrogen) atoms. The third-order valence-electron chi connectivity index (χ3n) is 3.60. The number of carbonyl (C=O) groups excluding carboxylic acids is 2. The van der Waals surface area contributed by atoms with Crippen molar-refractivity contribution in [3.8, 4) is 0 Å². The van der Waals surface area contributed by atoms with Crippen LogP contribution in [-0.2, 0) is 14.3 Å². The van der Waals surface area contributed by atoms with Crippen molar-refractivity contribution in [2.75, 3.05) is 13.7 Å². The Labute approximate surface area is 109 Å². The molecule has 1 aliphatic carbocycles. The van der Waals surface area contributed by atoms with Gasteiger partial charge in [0.25, 0.3) is 0 Å². The van der Waals surface area contributed by atoms with Crippen LogP contribution in [0, 0.1) is 10.8 Å². The van der Waals surface area contributed by atoms with Crippen LogP contribution in [0.5, 0.6) is 0 Å². The van der Waals surface area contributed by atoms with Crippen molar-refractivity contribution >= 4 is 11.9 Å². The minimum atomic E-state index is -0.464. The summed E-state index contributed by atoms with van der Waals surface area (Å²) in [6, 6.07) is 0. The van der Waals surface area contributed by atoms with E-state index in [2.05, 4.69) is 26.1 Å². The lowest BCUT2D eigenvalue weighted by molar-refractivity contribution is -0.146. The summed E-state index contributed by atoms with van der Waals surface area (Å²) in [5, 5.41) is 2.79. The zero-order valence-electron chi connectivity index (χ0n) is 11.9. The first-order chi connectivity index (χ1) is 8.21. The first kappa shape index (κ1) is 14.7. The predicted octanol–water partition coefficient (Wildman–Crippen LogP) is 2.05. The van der Waals surface area contributed by atoms with Crippen molar-refractivity contribution in [3.63, 3.8) is 0 Å². The molecule has 1 fully saturated rings. The van der Waals surface area contributed by atoms with Crippen LogP contribution in [0.25, 0.3) is 0 Å². The van der Waals surface area contributed by atoms with Crippen molar-refractivity contribution in [1.29, 1.82) is 0 Å². The van der Waals surface area contributed by atoms with Gasteiger partial charge in [0.15, 0.2) is 0 Å². The van der Waals surface area contributed by atoms with Gasteiger partial charge >= 0.3 is 5.97 Å². The lowest BCUT2D eigenvalue weighted by Gasteiger charge is -2.19. The maximum Gasteiger partial charge on any atom is 0.313 e. The highest BCUT2D eigenvalue weighted by molar-refractivity contribution is 5.89. The van der Waals surface area contributed by atoms with E-state index in [0.717, 1.165) is 18.4 Å². The molecule has 1 amide bonds. The topological polar surface area (TPSA) is 55.4 Å². The average molecular weight is 253 g/mol. The van der Waals surface area contributed by atoms with E-state index < -0.39 is 5.41 Å². The fourth-order valence-corrected chi connectivity index (χ4v) is 1.54. The summed E-state index contributed by atoms with van der Waals surface area (Å²) < 4.78 is 4.74. The molecule has 0 spiro atoms. The molecule has 0 bridgehead atoms. The minimum absolute atomic E-state index is 0.0169. The molecule has 0 heterocycles. The Morgan fingerprint density at radius 2 is 1.89 bits per heavy atom. The van der Waals surface area contributed by atoms with E-state index >= 15 is 0 Å². The standard InChI is InChI=1S/C14H23NO3/c1-10(13(2,3)4)8-11(16)15-9-14(6-7-14)12(17)18-5/h8H,6-7,9H2,1-5H3,(H,15,16)/b10-8+. The molecule has 0 saturated heterocycles. The second kappa shape index (κ2) is 5.12. The molecule has 0 aromatic heterocycles. The number of nitrogens with one attached hydrogen (secondary N) is 1. The third kappa shape index (κ3) is 3.59. The molecule has 102 valence electrons. The quantitative estimate of drug-likeness (QED) is 0.616. The second-order valence-electron chi connectivity index (χ2n) is 6.07. The highest BCUT2D eigenvalue weighted by Gasteiger charge is 2.51. The molecular formula is C14H23NO3. The highest BCUT2D eigenvalue weighted by Crippen LogP contribution is 2.46. The summed E-state index contributed by atoms with van der Waals surface area (Å²) >= 11 is 0. The normalized spacial score (nSPS) is 18.2. The molecule has 0 aliphatic heterocycles. The summed E-state index contributed by atoms with van der Waals surface area (Å²) in [5.41, 5.74) is 0.535. The van der Waals surface area contributed by atoms with Crippen LogP contribution in [0.4, 0.5) is 0 Å². The largest absolute Gasteiger partial charge is 0.469 e.